The van der Waals surface area contributed by atoms with Gasteiger partial charge >= 0.3 is 0 Å². The summed E-state index contributed by atoms with van der Waals surface area (Å²) in [5.41, 5.74) is 3.88. The molecule has 2 saturated heterocycles. The lowest BCUT2D eigenvalue weighted by atomic mass is 9.47. The lowest BCUT2D eigenvalue weighted by molar-refractivity contribution is -0.0695. The van der Waals surface area contributed by atoms with Crippen LogP contribution in [0, 0.1) is 46.3 Å². The third-order valence-corrected chi connectivity index (χ3v) is 14.6. The number of ether oxygens (including phenoxy) is 2. The summed E-state index contributed by atoms with van der Waals surface area (Å²) < 4.78 is 13.6. The van der Waals surface area contributed by atoms with Crippen LogP contribution in [0.3, 0.4) is 0 Å². The lowest BCUT2D eigenvalue weighted by Crippen LogP contribution is -2.51. The Bertz CT molecular complexity index is 1030. The minimum Gasteiger partial charge on any atom is -0.373 e. The molecule has 0 aromatic heterocycles. The molecular weight excluding hydrogens is 472 g/mol. The van der Waals surface area contributed by atoms with E-state index in [0.29, 0.717) is 29.0 Å². The predicted octanol–water partition coefficient (Wildman–Crippen LogP) is 8.66. The van der Waals surface area contributed by atoms with Crippen molar-refractivity contribution >= 4 is 11.8 Å². The average molecular weight is 521 g/mol. The first-order valence-corrected chi connectivity index (χ1v) is 16.5. The SMILES string of the molecule is C[C@@H]1CC[C@]2(O[C@H]3C[C@H]4[C@@H]5CC=C6C[C@@H](OCc7ccccc7)CC[C@]6(C)[C@H]5CC[C@]4(C)[C@H]3[C@@H]2C)SC1. The Kier molecular flexibility index (Phi) is 6.22. The number of thioether (sulfide) groups is 1. The van der Waals surface area contributed by atoms with E-state index >= 15 is 0 Å². The molecule has 3 heteroatoms. The van der Waals surface area contributed by atoms with Crippen molar-refractivity contribution in [2.24, 2.45) is 46.3 Å². The van der Waals surface area contributed by atoms with Gasteiger partial charge in [0.05, 0.1) is 18.8 Å². The largest absolute Gasteiger partial charge is 0.373 e. The van der Waals surface area contributed by atoms with Gasteiger partial charge in [-0.15, -0.1) is 11.8 Å². The van der Waals surface area contributed by atoms with Crippen molar-refractivity contribution < 1.29 is 9.47 Å². The third-order valence-electron chi connectivity index (χ3n) is 12.7. The number of allylic oxidation sites excluding steroid dienone is 1. The fraction of sp³-hybridized carbons (Fsp3) is 0.765. The highest BCUT2D eigenvalue weighted by atomic mass is 32.2. The maximum absolute atomic E-state index is 7.15. The Hall–Kier alpha value is -0.770. The number of benzene rings is 1. The number of hydrogen-bond acceptors (Lipinski definition) is 3. The number of rotatable bonds is 3. The van der Waals surface area contributed by atoms with Gasteiger partial charge in [-0.2, -0.15) is 0 Å². The van der Waals surface area contributed by atoms with Gasteiger partial charge in [0.1, 0.15) is 4.93 Å². The summed E-state index contributed by atoms with van der Waals surface area (Å²) in [5.74, 6) is 6.16. The van der Waals surface area contributed by atoms with Crippen LogP contribution in [0.4, 0.5) is 0 Å². The van der Waals surface area contributed by atoms with Gasteiger partial charge < -0.3 is 9.47 Å². The standard InChI is InChI=1S/C34H48O2S/c1-22-12-17-34(37-21-22)23(2)31-30(36-34)19-29-27-11-10-25-18-26(35-20-24-8-6-5-7-9-24)13-15-32(25,3)28(27)14-16-33(29,31)4/h5-10,22-23,26-31H,11-21H2,1-4H3/t22-,23+,26+,27-,28+,29+,30+,31+,32+,33+,34+/m1/s1. The Morgan fingerprint density at radius 2 is 1.84 bits per heavy atom. The van der Waals surface area contributed by atoms with E-state index < -0.39 is 0 Å². The Morgan fingerprint density at radius 1 is 1.00 bits per heavy atom. The van der Waals surface area contributed by atoms with E-state index in [9.17, 15) is 0 Å². The van der Waals surface area contributed by atoms with E-state index in [-0.39, 0.29) is 4.93 Å². The predicted molar refractivity (Wildman–Crippen MR) is 153 cm³/mol. The van der Waals surface area contributed by atoms with Crippen LogP contribution in [0.5, 0.6) is 0 Å². The Labute approximate surface area is 229 Å². The smallest absolute Gasteiger partial charge is 0.117 e. The molecule has 2 heterocycles. The van der Waals surface area contributed by atoms with Crippen molar-refractivity contribution in [1.29, 1.82) is 0 Å². The van der Waals surface area contributed by atoms with E-state index in [1.807, 2.05) is 0 Å². The molecule has 37 heavy (non-hydrogen) atoms. The fourth-order valence-electron chi connectivity index (χ4n) is 10.6. The van der Waals surface area contributed by atoms with Crippen molar-refractivity contribution in [3.8, 4) is 0 Å². The zero-order valence-corrected chi connectivity index (χ0v) is 24.4. The van der Waals surface area contributed by atoms with Gasteiger partial charge in [-0.3, -0.25) is 0 Å². The minimum absolute atomic E-state index is 0.121. The van der Waals surface area contributed by atoms with Crippen LogP contribution in [0.1, 0.15) is 91.0 Å². The molecule has 7 rings (SSSR count). The molecule has 2 aliphatic heterocycles. The van der Waals surface area contributed by atoms with Gasteiger partial charge in [-0.25, -0.2) is 0 Å². The fourth-order valence-corrected chi connectivity index (χ4v) is 12.2. The maximum atomic E-state index is 7.15. The van der Waals surface area contributed by atoms with Crippen molar-refractivity contribution in [3.63, 3.8) is 0 Å². The van der Waals surface area contributed by atoms with Crippen molar-refractivity contribution in [2.45, 2.75) is 109 Å². The lowest BCUT2D eigenvalue weighted by Gasteiger charge is -2.58. The molecular formula is C34H48O2S. The second-order valence-corrected chi connectivity index (χ2v) is 15.8. The van der Waals surface area contributed by atoms with Gasteiger partial charge in [-0.05, 0) is 110 Å². The van der Waals surface area contributed by atoms with Crippen LogP contribution in [-0.2, 0) is 16.1 Å². The van der Waals surface area contributed by atoms with Crippen LogP contribution in [0.25, 0.3) is 0 Å². The molecule has 2 nitrogen and oxygen atoms in total. The molecule has 0 radical (unpaired) electrons. The third kappa shape index (κ3) is 3.87. The van der Waals surface area contributed by atoms with E-state index in [0.717, 1.165) is 42.6 Å². The maximum Gasteiger partial charge on any atom is 0.117 e. The first-order valence-electron chi connectivity index (χ1n) is 15.5. The van der Waals surface area contributed by atoms with Crippen molar-refractivity contribution in [2.75, 3.05) is 5.75 Å². The molecule has 1 aromatic rings. The summed E-state index contributed by atoms with van der Waals surface area (Å²) in [6, 6.07) is 10.7. The molecule has 0 N–H and O–H groups in total. The number of hydrogen-bond donors (Lipinski definition) is 0. The topological polar surface area (TPSA) is 18.5 Å². The van der Waals surface area contributed by atoms with E-state index in [2.05, 4.69) is 75.9 Å². The zero-order valence-electron chi connectivity index (χ0n) is 23.6. The van der Waals surface area contributed by atoms with Crippen LogP contribution in [0.15, 0.2) is 42.0 Å². The summed E-state index contributed by atoms with van der Waals surface area (Å²) in [6.45, 7) is 11.1. The van der Waals surface area contributed by atoms with Gasteiger partial charge in [-0.1, -0.05) is 69.7 Å². The second-order valence-electron chi connectivity index (χ2n) is 14.4. The highest BCUT2D eigenvalue weighted by Gasteiger charge is 2.68. The molecule has 3 saturated carbocycles. The molecule has 1 aromatic carbocycles. The van der Waals surface area contributed by atoms with E-state index in [1.165, 1.54) is 62.7 Å². The molecule has 6 aliphatic rings. The normalized spacial score (nSPS) is 50.6. The van der Waals surface area contributed by atoms with Crippen LogP contribution >= 0.6 is 11.8 Å². The first-order chi connectivity index (χ1) is 17.8. The molecule has 1 spiro atoms. The van der Waals surface area contributed by atoms with Gasteiger partial charge in [0.2, 0.25) is 0 Å². The summed E-state index contributed by atoms with van der Waals surface area (Å²) in [7, 11) is 0. The van der Waals surface area contributed by atoms with Gasteiger partial charge in [0, 0.05) is 5.92 Å². The van der Waals surface area contributed by atoms with Crippen molar-refractivity contribution in [3.05, 3.63) is 47.5 Å². The number of fused-ring (bicyclic) bond motifs is 7. The van der Waals surface area contributed by atoms with Gasteiger partial charge in [0.25, 0.3) is 0 Å². The van der Waals surface area contributed by atoms with Crippen LogP contribution in [-0.4, -0.2) is 22.9 Å². The summed E-state index contributed by atoms with van der Waals surface area (Å²) in [4.78, 5) is 0.121. The summed E-state index contributed by atoms with van der Waals surface area (Å²) >= 11 is 2.18. The molecule has 5 fully saturated rings. The van der Waals surface area contributed by atoms with E-state index in [4.69, 9.17) is 9.47 Å². The monoisotopic (exact) mass is 520 g/mol. The first kappa shape index (κ1) is 25.2. The highest BCUT2D eigenvalue weighted by Crippen LogP contribution is 2.71. The Balaban J connectivity index is 1.07. The van der Waals surface area contributed by atoms with Crippen LogP contribution in [0.2, 0.25) is 0 Å². The average Bonchev–Trinajstić information content (AvgIpc) is 3.35. The minimum atomic E-state index is 0.121. The van der Waals surface area contributed by atoms with Gasteiger partial charge in [0.15, 0.2) is 0 Å². The molecule has 11 atom stereocenters. The zero-order chi connectivity index (χ0) is 25.4. The Morgan fingerprint density at radius 3 is 2.62 bits per heavy atom. The molecule has 202 valence electrons. The molecule has 0 unspecified atom stereocenters. The summed E-state index contributed by atoms with van der Waals surface area (Å²) in [5, 5.41) is 0. The van der Waals surface area contributed by atoms with Crippen molar-refractivity contribution in [1.82, 2.24) is 0 Å². The van der Waals surface area contributed by atoms with E-state index in [1.54, 1.807) is 5.57 Å². The highest BCUT2D eigenvalue weighted by molar-refractivity contribution is 8.00. The second kappa shape index (κ2) is 9.13. The quantitative estimate of drug-likeness (QED) is 0.372. The van der Waals surface area contributed by atoms with Crippen LogP contribution < -0.4 is 0 Å². The molecule has 0 amide bonds. The summed E-state index contributed by atoms with van der Waals surface area (Å²) in [6.07, 6.45) is 15.4. The molecule has 0 bridgehead atoms. The molecule has 4 aliphatic carbocycles.